The van der Waals surface area contributed by atoms with Crippen molar-refractivity contribution >= 4 is 11.4 Å². The van der Waals surface area contributed by atoms with E-state index in [2.05, 4.69) is 24.8 Å². The van der Waals surface area contributed by atoms with E-state index in [1.807, 2.05) is 6.07 Å². The average molecular weight is 285 g/mol. The molecule has 0 aromatic heterocycles. The molecule has 0 amide bonds. The van der Waals surface area contributed by atoms with Crippen molar-refractivity contribution < 1.29 is 0 Å². The number of nitrogens with two attached hydrogens (primary N) is 2. The van der Waals surface area contributed by atoms with Crippen molar-refractivity contribution in [3.8, 4) is 0 Å². The van der Waals surface area contributed by atoms with Gasteiger partial charge in [-0.3, -0.25) is 4.90 Å². The fourth-order valence-electron chi connectivity index (χ4n) is 4.78. The number of anilines is 2. The van der Waals surface area contributed by atoms with Crippen molar-refractivity contribution in [3.05, 3.63) is 23.3 Å². The van der Waals surface area contributed by atoms with E-state index < -0.39 is 0 Å². The summed E-state index contributed by atoms with van der Waals surface area (Å²) < 4.78 is 0. The van der Waals surface area contributed by atoms with Crippen LogP contribution in [0.5, 0.6) is 0 Å². The summed E-state index contributed by atoms with van der Waals surface area (Å²) in [5.74, 6) is 1.63. The average Bonchev–Trinajstić information content (AvgIpc) is 3.25. The van der Waals surface area contributed by atoms with Gasteiger partial charge in [0, 0.05) is 18.0 Å². The molecule has 3 atom stereocenters. The lowest BCUT2D eigenvalue weighted by atomic mass is 9.58. The Morgan fingerprint density at radius 1 is 1.29 bits per heavy atom. The van der Waals surface area contributed by atoms with Crippen LogP contribution in [-0.2, 0) is 11.8 Å². The van der Waals surface area contributed by atoms with Gasteiger partial charge in [0.15, 0.2) is 0 Å². The van der Waals surface area contributed by atoms with E-state index >= 15 is 0 Å². The number of likely N-dealkylation sites (tertiary alicyclic amines) is 1. The first-order valence-electron chi connectivity index (χ1n) is 8.42. The molecule has 2 aliphatic carbocycles. The van der Waals surface area contributed by atoms with Gasteiger partial charge < -0.3 is 11.5 Å². The molecule has 1 unspecified atom stereocenters. The van der Waals surface area contributed by atoms with Crippen LogP contribution < -0.4 is 11.5 Å². The summed E-state index contributed by atoms with van der Waals surface area (Å²) in [5, 5.41) is 0. The summed E-state index contributed by atoms with van der Waals surface area (Å²) in [6.07, 6.45) is 5.23. The lowest BCUT2D eigenvalue weighted by Crippen LogP contribution is -2.58. The molecular weight excluding hydrogens is 258 g/mol. The van der Waals surface area contributed by atoms with Crippen molar-refractivity contribution in [2.24, 2.45) is 11.8 Å². The molecule has 3 heteroatoms. The van der Waals surface area contributed by atoms with Gasteiger partial charge in [0.25, 0.3) is 0 Å². The second kappa shape index (κ2) is 4.39. The maximum absolute atomic E-state index is 6.37. The van der Waals surface area contributed by atoms with Crippen LogP contribution in [0.15, 0.2) is 12.1 Å². The van der Waals surface area contributed by atoms with Gasteiger partial charge in [0.2, 0.25) is 0 Å². The first-order valence-corrected chi connectivity index (χ1v) is 8.42. The highest BCUT2D eigenvalue weighted by molar-refractivity contribution is 5.72. The minimum atomic E-state index is 0.192. The van der Waals surface area contributed by atoms with Crippen LogP contribution in [0.2, 0.25) is 0 Å². The Bertz CT molecular complexity index is 578. The third-order valence-electron chi connectivity index (χ3n) is 6.52. The van der Waals surface area contributed by atoms with Crippen LogP contribution in [-0.4, -0.2) is 24.0 Å². The van der Waals surface area contributed by atoms with Crippen LogP contribution in [0.1, 0.15) is 44.2 Å². The second-order valence-electron chi connectivity index (χ2n) is 7.77. The Balaban J connectivity index is 1.76. The van der Waals surface area contributed by atoms with E-state index in [1.165, 1.54) is 43.5 Å². The van der Waals surface area contributed by atoms with Crippen LogP contribution in [0, 0.1) is 11.8 Å². The Morgan fingerprint density at radius 3 is 2.76 bits per heavy atom. The van der Waals surface area contributed by atoms with Crippen LogP contribution >= 0.6 is 0 Å². The number of hydrogen-bond acceptors (Lipinski definition) is 3. The number of piperidine rings is 1. The highest BCUT2D eigenvalue weighted by Gasteiger charge is 2.49. The molecule has 2 bridgehead atoms. The van der Waals surface area contributed by atoms with E-state index in [-0.39, 0.29) is 5.41 Å². The minimum absolute atomic E-state index is 0.192. The molecule has 1 heterocycles. The van der Waals surface area contributed by atoms with Gasteiger partial charge >= 0.3 is 0 Å². The molecule has 3 aliphatic rings. The van der Waals surface area contributed by atoms with Crippen molar-refractivity contribution in [3.63, 3.8) is 0 Å². The quantitative estimate of drug-likeness (QED) is 0.822. The van der Waals surface area contributed by atoms with Crippen molar-refractivity contribution in [1.82, 2.24) is 4.90 Å². The maximum atomic E-state index is 6.37. The van der Waals surface area contributed by atoms with E-state index in [0.29, 0.717) is 12.0 Å². The molecule has 114 valence electrons. The van der Waals surface area contributed by atoms with Crippen LogP contribution in [0.3, 0.4) is 0 Å². The van der Waals surface area contributed by atoms with Gasteiger partial charge in [0.05, 0.1) is 11.4 Å². The van der Waals surface area contributed by atoms with E-state index in [1.54, 1.807) is 0 Å². The molecule has 1 aromatic rings. The summed E-state index contributed by atoms with van der Waals surface area (Å²) in [7, 11) is 0. The molecule has 0 radical (unpaired) electrons. The van der Waals surface area contributed by atoms with Gasteiger partial charge in [-0.05, 0) is 61.3 Å². The number of fused-ring (bicyclic) bond motifs is 4. The van der Waals surface area contributed by atoms with E-state index in [0.717, 1.165) is 23.7 Å². The molecule has 4 rings (SSSR count). The fourth-order valence-corrected chi connectivity index (χ4v) is 4.78. The van der Waals surface area contributed by atoms with Gasteiger partial charge in [-0.1, -0.05) is 19.9 Å². The minimum Gasteiger partial charge on any atom is -0.397 e. The highest BCUT2D eigenvalue weighted by Crippen LogP contribution is 2.52. The molecule has 21 heavy (non-hydrogen) atoms. The number of nitrogen functional groups attached to an aromatic ring is 2. The predicted molar refractivity (Wildman–Crippen MR) is 88.2 cm³/mol. The smallest absolute Gasteiger partial charge is 0.0588 e. The first-order chi connectivity index (χ1) is 10.0. The molecule has 1 aromatic carbocycles. The van der Waals surface area contributed by atoms with Crippen molar-refractivity contribution in [2.45, 2.75) is 51.0 Å². The summed E-state index contributed by atoms with van der Waals surface area (Å²) in [6, 6.07) is 4.90. The molecule has 1 aliphatic heterocycles. The van der Waals surface area contributed by atoms with Gasteiger partial charge in [-0.2, -0.15) is 0 Å². The van der Waals surface area contributed by atoms with Crippen molar-refractivity contribution in [1.29, 1.82) is 0 Å². The molecule has 4 N–H and O–H groups in total. The Kier molecular flexibility index (Phi) is 2.81. The number of nitrogens with zero attached hydrogens (tertiary/aromatic N) is 1. The number of hydrogen-bond donors (Lipinski definition) is 2. The van der Waals surface area contributed by atoms with E-state index in [9.17, 15) is 0 Å². The lowest BCUT2D eigenvalue weighted by Gasteiger charge is -2.55. The molecule has 3 nitrogen and oxygen atoms in total. The van der Waals surface area contributed by atoms with Crippen LogP contribution in [0.4, 0.5) is 11.4 Å². The third-order valence-corrected chi connectivity index (χ3v) is 6.52. The first kappa shape index (κ1) is 13.4. The monoisotopic (exact) mass is 285 g/mol. The van der Waals surface area contributed by atoms with Gasteiger partial charge in [-0.15, -0.1) is 0 Å². The zero-order valence-corrected chi connectivity index (χ0v) is 13.2. The third kappa shape index (κ3) is 1.90. The molecule has 2 fully saturated rings. The largest absolute Gasteiger partial charge is 0.397 e. The highest BCUT2D eigenvalue weighted by atomic mass is 15.2. The normalized spacial score (nSPS) is 35.5. The number of benzene rings is 1. The Morgan fingerprint density at radius 2 is 2.05 bits per heavy atom. The van der Waals surface area contributed by atoms with Gasteiger partial charge in [-0.25, -0.2) is 0 Å². The standard InChI is InChI=1S/C18H27N3/c1-11-15-9-13-5-6-14(19)17(20)16(13)18(11,2)7-8-21(15)10-12-3-4-12/h5-6,11-12,15H,3-4,7-10,19-20H2,1-2H3/t11?,15-,18-/m0/s1. The van der Waals surface area contributed by atoms with Crippen LogP contribution in [0.25, 0.3) is 0 Å². The Hall–Kier alpha value is -1.22. The SMILES string of the molecule is CC1[C@@H]2Cc3ccc(N)c(N)c3[C@@]1(C)CCN2CC1CC1. The van der Waals surface area contributed by atoms with E-state index in [4.69, 9.17) is 11.5 Å². The van der Waals surface area contributed by atoms with Crippen molar-refractivity contribution in [2.75, 3.05) is 24.6 Å². The number of rotatable bonds is 2. The Labute approximate surface area is 127 Å². The zero-order valence-electron chi connectivity index (χ0n) is 13.2. The summed E-state index contributed by atoms with van der Waals surface area (Å²) in [6.45, 7) is 7.36. The lowest BCUT2D eigenvalue weighted by molar-refractivity contribution is 0.0288. The molecular formula is C18H27N3. The zero-order chi connectivity index (χ0) is 14.8. The summed E-state index contributed by atoms with van der Waals surface area (Å²) in [5.41, 5.74) is 17.0. The summed E-state index contributed by atoms with van der Waals surface area (Å²) >= 11 is 0. The molecule has 0 spiro atoms. The predicted octanol–water partition coefficient (Wildman–Crippen LogP) is 2.79. The molecule has 1 saturated carbocycles. The second-order valence-corrected chi connectivity index (χ2v) is 7.77. The topological polar surface area (TPSA) is 55.3 Å². The maximum Gasteiger partial charge on any atom is 0.0588 e. The molecule has 1 saturated heterocycles. The van der Waals surface area contributed by atoms with Gasteiger partial charge in [0.1, 0.15) is 0 Å². The summed E-state index contributed by atoms with van der Waals surface area (Å²) in [4.78, 5) is 2.76. The fraction of sp³-hybridized carbons (Fsp3) is 0.667.